The van der Waals surface area contributed by atoms with Gasteiger partial charge in [0.1, 0.15) is 11.5 Å². The predicted molar refractivity (Wildman–Crippen MR) is 135 cm³/mol. The van der Waals surface area contributed by atoms with Crippen molar-refractivity contribution in [3.8, 4) is 11.5 Å². The summed E-state index contributed by atoms with van der Waals surface area (Å²) in [6, 6.07) is 12.1. The first-order valence-electron chi connectivity index (χ1n) is 11.7. The summed E-state index contributed by atoms with van der Waals surface area (Å²) in [6.07, 6.45) is 3.35. The van der Waals surface area contributed by atoms with E-state index in [-0.39, 0.29) is 11.3 Å². The number of benzene rings is 2. The average molecular weight is 453 g/mol. The van der Waals surface area contributed by atoms with Gasteiger partial charge in [0.15, 0.2) is 0 Å². The molecular formula is C27H36N2O4. The van der Waals surface area contributed by atoms with Crippen LogP contribution in [0.1, 0.15) is 45.7 Å². The normalized spacial score (nSPS) is 14.4. The van der Waals surface area contributed by atoms with Crippen molar-refractivity contribution in [1.29, 1.82) is 0 Å². The summed E-state index contributed by atoms with van der Waals surface area (Å²) in [5.74, 6) is 1.12. The molecule has 178 valence electrons. The Hall–Kier alpha value is -2.99. The van der Waals surface area contributed by atoms with Crippen molar-refractivity contribution in [1.82, 2.24) is 0 Å². The van der Waals surface area contributed by atoms with E-state index < -0.39 is 0 Å². The Kier molecular flexibility index (Phi) is 8.39. The molecule has 3 rings (SSSR count). The molecule has 2 aromatic carbocycles. The van der Waals surface area contributed by atoms with Gasteiger partial charge in [-0.3, -0.25) is 4.79 Å². The fraction of sp³-hybridized carbons (Fsp3) is 0.444. The molecule has 0 atom stereocenters. The molecule has 0 spiro atoms. The van der Waals surface area contributed by atoms with E-state index in [0.29, 0.717) is 37.9 Å². The largest absolute Gasteiger partial charge is 0.492 e. The van der Waals surface area contributed by atoms with Crippen molar-refractivity contribution in [3.63, 3.8) is 0 Å². The number of ether oxygens (including phenoxy) is 3. The van der Waals surface area contributed by atoms with Crippen LogP contribution in [0, 0.1) is 0 Å². The van der Waals surface area contributed by atoms with E-state index in [2.05, 4.69) is 43.1 Å². The molecule has 0 aliphatic carbocycles. The molecule has 33 heavy (non-hydrogen) atoms. The van der Waals surface area contributed by atoms with Crippen molar-refractivity contribution in [2.24, 2.45) is 0 Å². The SMILES string of the molecule is CCOc1cc(N2CCOCC2)c(OCC)cc1NC(=O)/C=C/c1ccc(C(C)(C)C)cc1. The summed E-state index contributed by atoms with van der Waals surface area (Å²) in [7, 11) is 0. The topological polar surface area (TPSA) is 60.0 Å². The maximum Gasteiger partial charge on any atom is 0.248 e. The molecule has 2 aromatic rings. The van der Waals surface area contributed by atoms with Crippen LogP contribution in [0.4, 0.5) is 11.4 Å². The van der Waals surface area contributed by atoms with Crippen LogP contribution in [0.3, 0.4) is 0 Å². The van der Waals surface area contributed by atoms with Crippen LogP contribution in [0.15, 0.2) is 42.5 Å². The summed E-state index contributed by atoms with van der Waals surface area (Å²) in [5, 5.41) is 2.96. The zero-order valence-corrected chi connectivity index (χ0v) is 20.4. The Morgan fingerprint density at radius 2 is 1.67 bits per heavy atom. The molecule has 0 saturated carbocycles. The average Bonchev–Trinajstić information content (AvgIpc) is 2.80. The number of hydrogen-bond donors (Lipinski definition) is 1. The highest BCUT2D eigenvalue weighted by Gasteiger charge is 2.20. The zero-order valence-electron chi connectivity index (χ0n) is 20.4. The lowest BCUT2D eigenvalue weighted by Crippen LogP contribution is -2.36. The van der Waals surface area contributed by atoms with Crippen LogP contribution in [0.2, 0.25) is 0 Å². The number of carbonyl (C=O) groups is 1. The minimum Gasteiger partial charge on any atom is -0.492 e. The minimum atomic E-state index is -0.225. The van der Waals surface area contributed by atoms with E-state index in [1.165, 1.54) is 11.6 Å². The van der Waals surface area contributed by atoms with Crippen molar-refractivity contribution in [3.05, 3.63) is 53.6 Å². The van der Waals surface area contributed by atoms with Crippen LogP contribution in [0.25, 0.3) is 6.08 Å². The molecule has 1 N–H and O–H groups in total. The van der Waals surface area contributed by atoms with Gasteiger partial charge in [-0.05, 0) is 36.5 Å². The molecule has 0 unspecified atom stereocenters. The van der Waals surface area contributed by atoms with Crippen LogP contribution in [-0.2, 0) is 14.9 Å². The van der Waals surface area contributed by atoms with Crippen LogP contribution >= 0.6 is 0 Å². The first-order chi connectivity index (χ1) is 15.8. The maximum atomic E-state index is 12.7. The van der Waals surface area contributed by atoms with E-state index >= 15 is 0 Å². The first kappa shape index (κ1) is 24.6. The number of hydrogen-bond acceptors (Lipinski definition) is 5. The molecule has 1 amide bonds. The zero-order chi connectivity index (χ0) is 23.8. The number of nitrogens with zero attached hydrogens (tertiary/aromatic N) is 1. The fourth-order valence-corrected chi connectivity index (χ4v) is 3.68. The molecule has 6 heteroatoms. The highest BCUT2D eigenvalue weighted by Crippen LogP contribution is 2.39. The molecule has 1 aliphatic rings. The Morgan fingerprint density at radius 1 is 1.03 bits per heavy atom. The van der Waals surface area contributed by atoms with Gasteiger partial charge in [0, 0.05) is 31.3 Å². The van der Waals surface area contributed by atoms with Crippen molar-refractivity contribution < 1.29 is 19.0 Å². The molecule has 6 nitrogen and oxygen atoms in total. The molecule has 1 fully saturated rings. The van der Waals surface area contributed by atoms with E-state index in [1.54, 1.807) is 0 Å². The van der Waals surface area contributed by atoms with E-state index in [4.69, 9.17) is 14.2 Å². The number of morpholine rings is 1. The number of anilines is 2. The van der Waals surface area contributed by atoms with Crippen LogP contribution < -0.4 is 19.7 Å². The molecule has 0 radical (unpaired) electrons. The first-order valence-corrected chi connectivity index (χ1v) is 11.7. The van der Waals surface area contributed by atoms with Gasteiger partial charge >= 0.3 is 0 Å². The van der Waals surface area contributed by atoms with Gasteiger partial charge in [-0.25, -0.2) is 0 Å². The third kappa shape index (κ3) is 6.75. The minimum absolute atomic E-state index is 0.0982. The Bertz CT molecular complexity index is 955. The summed E-state index contributed by atoms with van der Waals surface area (Å²) >= 11 is 0. The molecular weight excluding hydrogens is 416 g/mol. The van der Waals surface area contributed by atoms with Crippen molar-refractivity contribution >= 4 is 23.4 Å². The van der Waals surface area contributed by atoms with Gasteiger partial charge in [0.25, 0.3) is 0 Å². The highest BCUT2D eigenvalue weighted by atomic mass is 16.5. The lowest BCUT2D eigenvalue weighted by Gasteiger charge is -2.31. The maximum absolute atomic E-state index is 12.7. The number of rotatable bonds is 8. The second kappa shape index (κ2) is 11.2. The van der Waals surface area contributed by atoms with E-state index in [0.717, 1.165) is 30.1 Å². The van der Waals surface area contributed by atoms with E-state index in [9.17, 15) is 4.79 Å². The Morgan fingerprint density at radius 3 is 2.27 bits per heavy atom. The lowest BCUT2D eigenvalue weighted by atomic mass is 9.87. The van der Waals surface area contributed by atoms with Crippen LogP contribution in [0.5, 0.6) is 11.5 Å². The summed E-state index contributed by atoms with van der Waals surface area (Å²) in [4.78, 5) is 14.9. The number of amides is 1. The number of carbonyl (C=O) groups excluding carboxylic acids is 1. The predicted octanol–water partition coefficient (Wildman–Crippen LogP) is 5.27. The lowest BCUT2D eigenvalue weighted by molar-refractivity contribution is -0.111. The van der Waals surface area contributed by atoms with Gasteiger partial charge in [-0.15, -0.1) is 0 Å². The third-order valence-corrected chi connectivity index (χ3v) is 5.47. The van der Waals surface area contributed by atoms with Gasteiger partial charge in [0.05, 0.1) is 37.8 Å². The van der Waals surface area contributed by atoms with Crippen molar-refractivity contribution in [2.75, 3.05) is 49.7 Å². The third-order valence-electron chi connectivity index (χ3n) is 5.47. The quantitative estimate of drug-likeness (QED) is 0.553. The monoisotopic (exact) mass is 452 g/mol. The second-order valence-corrected chi connectivity index (χ2v) is 8.98. The van der Waals surface area contributed by atoms with Gasteiger partial charge in [0.2, 0.25) is 5.91 Å². The fourth-order valence-electron chi connectivity index (χ4n) is 3.68. The second-order valence-electron chi connectivity index (χ2n) is 8.98. The molecule has 0 aromatic heterocycles. The summed E-state index contributed by atoms with van der Waals surface area (Å²) in [6.45, 7) is 14.4. The molecule has 0 bridgehead atoms. The smallest absolute Gasteiger partial charge is 0.248 e. The Balaban J connectivity index is 1.79. The van der Waals surface area contributed by atoms with Crippen LogP contribution in [-0.4, -0.2) is 45.4 Å². The van der Waals surface area contributed by atoms with Crippen molar-refractivity contribution in [2.45, 2.75) is 40.0 Å². The van der Waals surface area contributed by atoms with Gasteiger partial charge < -0.3 is 24.4 Å². The summed E-state index contributed by atoms with van der Waals surface area (Å²) in [5.41, 5.74) is 3.88. The van der Waals surface area contributed by atoms with Gasteiger partial charge in [-0.2, -0.15) is 0 Å². The molecule has 1 heterocycles. The standard InChI is InChI=1S/C27H36N2O4/c1-6-32-24-19-23(29-14-16-31-17-15-29)25(33-7-2)18-22(24)28-26(30)13-10-20-8-11-21(12-9-20)27(3,4)5/h8-13,18-19H,6-7,14-17H2,1-5H3,(H,28,30)/b13-10+. The van der Waals surface area contributed by atoms with Gasteiger partial charge in [-0.1, -0.05) is 45.0 Å². The highest BCUT2D eigenvalue weighted by molar-refractivity contribution is 6.03. The van der Waals surface area contributed by atoms with E-state index in [1.807, 2.05) is 44.2 Å². The summed E-state index contributed by atoms with van der Waals surface area (Å²) < 4.78 is 17.2. The molecule has 1 saturated heterocycles. The number of nitrogens with one attached hydrogen (secondary N) is 1. The Labute approximate surface area is 197 Å². The molecule has 1 aliphatic heterocycles.